The third-order valence-corrected chi connectivity index (χ3v) is 3.49. The van der Waals surface area contributed by atoms with Gasteiger partial charge < -0.3 is 9.47 Å². The topological polar surface area (TPSA) is 35.5 Å². The van der Waals surface area contributed by atoms with E-state index in [1.807, 2.05) is 0 Å². The second kappa shape index (κ2) is 5.42. The van der Waals surface area contributed by atoms with E-state index in [0.717, 1.165) is 6.08 Å². The second-order valence-electron chi connectivity index (χ2n) is 4.72. The number of carbonyl (C=O) groups excluding carboxylic acids is 1. The molecule has 0 spiro atoms. The molecule has 6 heteroatoms. The number of halogens is 3. The van der Waals surface area contributed by atoms with Gasteiger partial charge in [-0.25, -0.2) is 4.79 Å². The molecule has 21 heavy (non-hydrogen) atoms. The van der Waals surface area contributed by atoms with Crippen molar-refractivity contribution in [2.75, 3.05) is 6.61 Å². The van der Waals surface area contributed by atoms with Crippen molar-refractivity contribution in [3.63, 3.8) is 0 Å². The minimum Gasteiger partial charge on any atom is -0.476 e. The fourth-order valence-corrected chi connectivity index (χ4v) is 2.42. The quantitative estimate of drug-likeness (QED) is 0.632. The average Bonchev–Trinajstić information content (AvgIpc) is 2.42. The lowest BCUT2D eigenvalue weighted by molar-refractivity contribution is -0.332. The SMILES string of the molecule is CCOC(=O)/C=C1/O[C@@](c2ccccc2)(C(F)(F)F)[C@@H]1C. The Kier molecular flexibility index (Phi) is 3.98. The van der Waals surface area contributed by atoms with Crippen LogP contribution in [-0.2, 0) is 19.9 Å². The molecular weight excluding hydrogens is 285 g/mol. The van der Waals surface area contributed by atoms with E-state index in [4.69, 9.17) is 4.74 Å². The van der Waals surface area contributed by atoms with Crippen LogP contribution in [0.5, 0.6) is 0 Å². The van der Waals surface area contributed by atoms with Crippen molar-refractivity contribution in [2.24, 2.45) is 5.92 Å². The molecule has 0 aliphatic carbocycles. The van der Waals surface area contributed by atoms with E-state index >= 15 is 0 Å². The molecule has 0 saturated carbocycles. The lowest BCUT2D eigenvalue weighted by Crippen LogP contribution is -2.58. The van der Waals surface area contributed by atoms with Crippen LogP contribution in [0.15, 0.2) is 42.2 Å². The first kappa shape index (κ1) is 15.4. The van der Waals surface area contributed by atoms with E-state index in [-0.39, 0.29) is 17.9 Å². The molecule has 1 aliphatic rings. The molecule has 1 aromatic carbocycles. The molecule has 1 aliphatic heterocycles. The summed E-state index contributed by atoms with van der Waals surface area (Å²) in [5.41, 5.74) is -2.39. The van der Waals surface area contributed by atoms with Gasteiger partial charge in [0.05, 0.1) is 18.6 Å². The van der Waals surface area contributed by atoms with Gasteiger partial charge in [-0.2, -0.15) is 13.2 Å². The molecule has 114 valence electrons. The number of carbonyl (C=O) groups is 1. The van der Waals surface area contributed by atoms with Gasteiger partial charge in [-0.3, -0.25) is 0 Å². The van der Waals surface area contributed by atoms with Gasteiger partial charge in [0.2, 0.25) is 5.60 Å². The van der Waals surface area contributed by atoms with E-state index in [0.29, 0.717) is 0 Å². The molecule has 1 aromatic rings. The predicted molar refractivity (Wildman–Crippen MR) is 69.1 cm³/mol. The number of hydrogen-bond acceptors (Lipinski definition) is 3. The molecule has 3 nitrogen and oxygen atoms in total. The summed E-state index contributed by atoms with van der Waals surface area (Å²) in [6, 6.07) is 7.40. The lowest BCUT2D eigenvalue weighted by atomic mass is 9.75. The van der Waals surface area contributed by atoms with Crippen LogP contribution in [0.3, 0.4) is 0 Å². The summed E-state index contributed by atoms with van der Waals surface area (Å²) in [5, 5.41) is 0. The highest BCUT2D eigenvalue weighted by atomic mass is 19.4. The minimum absolute atomic E-state index is 0.0189. The first-order valence-electron chi connectivity index (χ1n) is 6.52. The maximum Gasteiger partial charge on any atom is 0.433 e. The second-order valence-corrected chi connectivity index (χ2v) is 4.72. The molecule has 1 fully saturated rings. The van der Waals surface area contributed by atoms with E-state index in [1.54, 1.807) is 13.0 Å². The number of alkyl halides is 3. The normalized spacial score (nSPS) is 26.9. The van der Waals surface area contributed by atoms with Crippen LogP contribution in [0.2, 0.25) is 0 Å². The van der Waals surface area contributed by atoms with Gasteiger partial charge in [0.15, 0.2) is 0 Å². The number of hydrogen-bond donors (Lipinski definition) is 0. The maximum atomic E-state index is 13.5. The molecule has 2 atom stereocenters. The number of rotatable bonds is 3. The summed E-state index contributed by atoms with van der Waals surface area (Å²) in [4.78, 5) is 11.3. The molecule has 1 saturated heterocycles. The third kappa shape index (κ3) is 2.50. The van der Waals surface area contributed by atoms with Gasteiger partial charge in [-0.15, -0.1) is 0 Å². The van der Waals surface area contributed by atoms with Crippen LogP contribution in [0, 0.1) is 5.92 Å². The van der Waals surface area contributed by atoms with Crippen molar-refractivity contribution >= 4 is 5.97 Å². The standard InChI is InChI=1S/C15H15F3O3/c1-3-20-13(19)9-12-10(2)14(21-12,15(16,17)18)11-7-5-4-6-8-11/h4-10H,3H2,1-2H3/b12-9+/t10-,14+/m1/s1. The Morgan fingerprint density at radius 2 is 2.00 bits per heavy atom. The third-order valence-electron chi connectivity index (χ3n) is 3.49. The summed E-state index contributed by atoms with van der Waals surface area (Å²) < 4.78 is 50.2. The van der Waals surface area contributed by atoms with Crippen LogP contribution in [0.25, 0.3) is 0 Å². The zero-order valence-corrected chi connectivity index (χ0v) is 11.6. The molecule has 0 aromatic heterocycles. The predicted octanol–water partition coefficient (Wildman–Crippen LogP) is 3.56. The van der Waals surface area contributed by atoms with Crippen molar-refractivity contribution in [1.82, 2.24) is 0 Å². The number of esters is 1. The molecule has 0 bridgehead atoms. The van der Waals surface area contributed by atoms with Crippen LogP contribution in [0.4, 0.5) is 13.2 Å². The summed E-state index contributed by atoms with van der Waals surface area (Å²) >= 11 is 0. The average molecular weight is 300 g/mol. The Bertz CT molecular complexity index is 551. The van der Waals surface area contributed by atoms with E-state index in [2.05, 4.69) is 4.74 Å². The number of benzene rings is 1. The first-order valence-corrected chi connectivity index (χ1v) is 6.52. The largest absolute Gasteiger partial charge is 0.476 e. The Labute approximate surface area is 120 Å². The summed E-state index contributed by atoms with van der Waals surface area (Å²) in [5.74, 6) is -1.72. The molecule has 1 heterocycles. The van der Waals surface area contributed by atoms with Crippen LogP contribution >= 0.6 is 0 Å². The lowest BCUT2D eigenvalue weighted by Gasteiger charge is -2.50. The van der Waals surface area contributed by atoms with Crippen molar-refractivity contribution in [3.8, 4) is 0 Å². The summed E-state index contributed by atoms with van der Waals surface area (Å²) in [7, 11) is 0. The monoisotopic (exact) mass is 300 g/mol. The van der Waals surface area contributed by atoms with Gasteiger partial charge in [-0.05, 0) is 6.92 Å². The highest BCUT2D eigenvalue weighted by Gasteiger charge is 2.69. The Morgan fingerprint density at radius 1 is 1.38 bits per heavy atom. The number of ether oxygens (including phenoxy) is 2. The molecule has 0 N–H and O–H groups in total. The Balaban J connectivity index is 2.34. The van der Waals surface area contributed by atoms with E-state index < -0.39 is 23.7 Å². The molecule has 0 unspecified atom stereocenters. The van der Waals surface area contributed by atoms with Gasteiger partial charge >= 0.3 is 12.1 Å². The smallest absolute Gasteiger partial charge is 0.433 e. The summed E-state index contributed by atoms with van der Waals surface area (Å²) in [6.45, 7) is 3.15. The molecule has 2 rings (SSSR count). The summed E-state index contributed by atoms with van der Waals surface area (Å²) in [6.07, 6.45) is -3.61. The molecule has 0 amide bonds. The highest BCUT2D eigenvalue weighted by Crippen LogP contribution is 2.58. The van der Waals surface area contributed by atoms with Crippen LogP contribution in [-0.4, -0.2) is 18.8 Å². The van der Waals surface area contributed by atoms with Crippen LogP contribution < -0.4 is 0 Å². The van der Waals surface area contributed by atoms with Gasteiger partial charge in [0.25, 0.3) is 0 Å². The zero-order chi connectivity index (χ0) is 15.7. The fraction of sp³-hybridized carbons (Fsp3) is 0.400. The minimum atomic E-state index is -4.58. The molecule has 0 radical (unpaired) electrons. The highest BCUT2D eigenvalue weighted by molar-refractivity contribution is 5.82. The van der Waals surface area contributed by atoms with E-state index in [1.165, 1.54) is 31.2 Å². The van der Waals surface area contributed by atoms with Crippen molar-refractivity contribution in [1.29, 1.82) is 0 Å². The Hall–Kier alpha value is -1.98. The first-order chi connectivity index (χ1) is 9.83. The Morgan fingerprint density at radius 3 is 2.48 bits per heavy atom. The van der Waals surface area contributed by atoms with Crippen molar-refractivity contribution in [2.45, 2.75) is 25.6 Å². The fourth-order valence-electron chi connectivity index (χ4n) is 2.42. The zero-order valence-electron chi connectivity index (χ0n) is 11.6. The molecular formula is C15H15F3O3. The van der Waals surface area contributed by atoms with Gasteiger partial charge in [0.1, 0.15) is 5.76 Å². The van der Waals surface area contributed by atoms with E-state index in [9.17, 15) is 18.0 Å². The van der Waals surface area contributed by atoms with Crippen LogP contribution in [0.1, 0.15) is 19.4 Å². The maximum absolute atomic E-state index is 13.5. The van der Waals surface area contributed by atoms with Gasteiger partial charge in [0, 0.05) is 5.56 Å². The van der Waals surface area contributed by atoms with Gasteiger partial charge in [-0.1, -0.05) is 37.3 Å². The van der Waals surface area contributed by atoms with Crippen molar-refractivity contribution < 1.29 is 27.4 Å². The van der Waals surface area contributed by atoms with Crippen molar-refractivity contribution in [3.05, 3.63) is 47.7 Å².